The molecule has 0 radical (unpaired) electrons. The molecule has 0 fully saturated rings. The Kier molecular flexibility index (Phi) is 4.24. The third kappa shape index (κ3) is 4.66. The lowest BCUT2D eigenvalue weighted by Crippen LogP contribution is -2.28. The van der Waals surface area contributed by atoms with Gasteiger partial charge >= 0.3 is 6.18 Å². The van der Waals surface area contributed by atoms with Gasteiger partial charge in [-0.1, -0.05) is 0 Å². The molecule has 1 amide bonds. The second-order valence-electron chi connectivity index (χ2n) is 3.16. The van der Waals surface area contributed by atoms with E-state index in [1.165, 1.54) is 12.4 Å². The zero-order valence-corrected chi connectivity index (χ0v) is 9.01. The maximum Gasteiger partial charge on any atom is 0.390 e. The number of hydrogen-bond acceptors (Lipinski definition) is 4. The van der Waals surface area contributed by atoms with E-state index in [4.69, 9.17) is 0 Å². The number of amides is 1. The summed E-state index contributed by atoms with van der Waals surface area (Å²) in [5.74, 6) is -0.207. The van der Waals surface area contributed by atoms with Crippen LogP contribution in [0.5, 0.6) is 0 Å². The normalized spacial score (nSPS) is 11.1. The monoisotopic (exact) mass is 248 g/mol. The van der Waals surface area contributed by atoms with Crippen LogP contribution in [0.15, 0.2) is 12.4 Å². The summed E-state index contributed by atoms with van der Waals surface area (Å²) in [5, 5.41) is 4.81. The van der Waals surface area contributed by atoms with Crippen LogP contribution in [0, 0.1) is 0 Å². The molecular formula is C9H11F3N4O. The highest BCUT2D eigenvalue weighted by atomic mass is 19.4. The highest BCUT2D eigenvalue weighted by Crippen LogP contribution is 2.18. The third-order valence-electron chi connectivity index (χ3n) is 1.83. The fraction of sp³-hybridized carbons (Fsp3) is 0.444. The molecule has 0 saturated carbocycles. The topological polar surface area (TPSA) is 66.9 Å². The van der Waals surface area contributed by atoms with Gasteiger partial charge in [0.2, 0.25) is 0 Å². The molecule has 0 atom stereocenters. The number of hydrogen-bond donors (Lipinski definition) is 2. The zero-order chi connectivity index (χ0) is 12.9. The molecule has 0 aliphatic rings. The summed E-state index contributed by atoms with van der Waals surface area (Å²) in [5.41, 5.74) is -0.0221. The van der Waals surface area contributed by atoms with Crippen LogP contribution < -0.4 is 10.6 Å². The van der Waals surface area contributed by atoms with Gasteiger partial charge in [0, 0.05) is 13.6 Å². The Morgan fingerprint density at radius 1 is 1.35 bits per heavy atom. The van der Waals surface area contributed by atoms with E-state index >= 15 is 0 Å². The Hall–Kier alpha value is -1.86. The van der Waals surface area contributed by atoms with Crippen molar-refractivity contribution in [2.45, 2.75) is 12.6 Å². The summed E-state index contributed by atoms with van der Waals surface area (Å²) in [4.78, 5) is 18.9. The summed E-state index contributed by atoms with van der Waals surface area (Å²) in [6.45, 7) is -0.474. The van der Waals surface area contributed by atoms with Gasteiger partial charge in [-0.25, -0.2) is 9.97 Å². The lowest BCUT2D eigenvalue weighted by Gasteiger charge is -2.07. The zero-order valence-electron chi connectivity index (χ0n) is 9.01. The minimum atomic E-state index is -4.28. The summed E-state index contributed by atoms with van der Waals surface area (Å²) >= 11 is 0. The van der Waals surface area contributed by atoms with E-state index in [2.05, 4.69) is 20.6 Å². The minimum absolute atomic E-state index is 0.0221. The molecular weight excluding hydrogens is 237 g/mol. The minimum Gasteiger partial charge on any atom is -0.372 e. The van der Waals surface area contributed by atoms with Gasteiger partial charge < -0.3 is 10.6 Å². The molecule has 94 valence electrons. The first-order valence-electron chi connectivity index (χ1n) is 4.77. The first-order valence-corrected chi connectivity index (χ1v) is 4.77. The van der Waals surface area contributed by atoms with Crippen molar-refractivity contribution in [1.29, 1.82) is 0 Å². The van der Waals surface area contributed by atoms with E-state index in [1.54, 1.807) is 7.05 Å². The molecule has 5 nitrogen and oxygen atoms in total. The molecule has 0 spiro atoms. The van der Waals surface area contributed by atoms with Gasteiger partial charge in [0.1, 0.15) is 11.5 Å². The molecule has 1 heterocycles. The molecule has 17 heavy (non-hydrogen) atoms. The molecule has 1 aromatic rings. The predicted octanol–water partition coefficient (Wildman–Crippen LogP) is 1.20. The first kappa shape index (κ1) is 13.2. The van der Waals surface area contributed by atoms with E-state index in [1.807, 2.05) is 0 Å². The summed E-state index contributed by atoms with van der Waals surface area (Å²) < 4.78 is 35.5. The van der Waals surface area contributed by atoms with Gasteiger partial charge in [-0.2, -0.15) is 13.2 Å². The number of anilines is 1. The molecule has 2 N–H and O–H groups in total. The van der Waals surface area contributed by atoms with Gasteiger partial charge in [-0.3, -0.25) is 4.79 Å². The Morgan fingerprint density at radius 3 is 2.53 bits per heavy atom. The van der Waals surface area contributed by atoms with E-state index in [-0.39, 0.29) is 5.69 Å². The molecule has 0 bridgehead atoms. The number of alkyl halides is 3. The Balaban J connectivity index is 2.47. The number of carbonyl (C=O) groups is 1. The number of nitrogens with zero attached hydrogens (tertiary/aromatic N) is 2. The van der Waals surface area contributed by atoms with Crippen LogP contribution in [0.4, 0.5) is 19.0 Å². The third-order valence-corrected chi connectivity index (χ3v) is 1.83. The quantitative estimate of drug-likeness (QED) is 0.840. The summed E-state index contributed by atoms with van der Waals surface area (Å²) in [6.07, 6.45) is -2.84. The van der Waals surface area contributed by atoms with Gasteiger partial charge in [0.05, 0.1) is 18.8 Å². The molecule has 0 unspecified atom stereocenters. The summed E-state index contributed by atoms with van der Waals surface area (Å²) in [6, 6.07) is 0. The molecule has 0 aromatic carbocycles. The smallest absolute Gasteiger partial charge is 0.372 e. The van der Waals surface area contributed by atoms with Crippen molar-refractivity contribution in [3.63, 3.8) is 0 Å². The van der Waals surface area contributed by atoms with Crippen molar-refractivity contribution >= 4 is 11.7 Å². The Bertz CT molecular complexity index is 377. The Morgan fingerprint density at radius 2 is 2.06 bits per heavy atom. The van der Waals surface area contributed by atoms with Crippen LogP contribution in [0.2, 0.25) is 0 Å². The largest absolute Gasteiger partial charge is 0.390 e. The first-order chi connectivity index (χ1) is 7.92. The van der Waals surface area contributed by atoms with Crippen LogP contribution in [0.3, 0.4) is 0 Å². The van der Waals surface area contributed by atoms with Crippen molar-refractivity contribution < 1.29 is 18.0 Å². The number of carbonyl (C=O) groups excluding carboxylic acids is 1. The highest BCUT2D eigenvalue weighted by Gasteiger charge is 2.26. The van der Waals surface area contributed by atoms with E-state index in [0.29, 0.717) is 5.82 Å². The van der Waals surface area contributed by atoms with Crippen molar-refractivity contribution in [2.24, 2.45) is 0 Å². The van der Waals surface area contributed by atoms with Crippen molar-refractivity contribution in [1.82, 2.24) is 15.3 Å². The average molecular weight is 248 g/mol. The lowest BCUT2D eigenvalue weighted by atomic mass is 10.3. The van der Waals surface area contributed by atoms with Crippen LogP contribution in [0.1, 0.15) is 16.9 Å². The molecule has 0 aliphatic heterocycles. The fourth-order valence-corrected chi connectivity index (χ4v) is 0.983. The van der Waals surface area contributed by atoms with Gasteiger partial charge in [0.25, 0.3) is 5.91 Å². The molecule has 0 saturated heterocycles. The van der Waals surface area contributed by atoms with Gasteiger partial charge in [-0.15, -0.1) is 0 Å². The van der Waals surface area contributed by atoms with Crippen LogP contribution in [0.25, 0.3) is 0 Å². The van der Waals surface area contributed by atoms with Crippen LogP contribution >= 0.6 is 0 Å². The molecule has 1 aromatic heterocycles. The van der Waals surface area contributed by atoms with Gasteiger partial charge in [-0.05, 0) is 0 Å². The fourth-order valence-electron chi connectivity index (χ4n) is 0.983. The van der Waals surface area contributed by atoms with Gasteiger partial charge in [0.15, 0.2) is 0 Å². The summed E-state index contributed by atoms with van der Waals surface area (Å²) in [7, 11) is 1.63. The number of halogens is 3. The standard InChI is InChI=1S/C9H11F3N4O/c1-13-7-5-15-6(4-16-7)8(17)14-3-2-9(10,11)12/h4-5H,2-3H2,1H3,(H,13,16)(H,14,17). The molecule has 1 rings (SSSR count). The number of nitrogens with one attached hydrogen (secondary N) is 2. The van der Waals surface area contributed by atoms with E-state index in [9.17, 15) is 18.0 Å². The van der Waals surface area contributed by atoms with Crippen molar-refractivity contribution in [3.05, 3.63) is 18.1 Å². The SMILES string of the molecule is CNc1cnc(C(=O)NCCC(F)(F)F)cn1. The maximum atomic E-state index is 11.8. The predicted molar refractivity (Wildman–Crippen MR) is 54.6 cm³/mol. The number of aromatic nitrogens is 2. The lowest BCUT2D eigenvalue weighted by molar-refractivity contribution is -0.132. The maximum absolute atomic E-state index is 11.8. The Labute approximate surface area is 95.5 Å². The number of rotatable bonds is 4. The van der Waals surface area contributed by atoms with Crippen molar-refractivity contribution in [2.75, 3.05) is 18.9 Å². The second kappa shape index (κ2) is 5.46. The van der Waals surface area contributed by atoms with Crippen LogP contribution in [-0.4, -0.2) is 35.6 Å². The van der Waals surface area contributed by atoms with Crippen molar-refractivity contribution in [3.8, 4) is 0 Å². The highest BCUT2D eigenvalue weighted by molar-refractivity contribution is 5.91. The van der Waals surface area contributed by atoms with E-state index in [0.717, 1.165) is 0 Å². The molecule has 8 heteroatoms. The second-order valence-corrected chi connectivity index (χ2v) is 3.16. The average Bonchev–Trinajstić information content (AvgIpc) is 2.27. The van der Waals surface area contributed by atoms with E-state index < -0.39 is 25.0 Å². The molecule has 0 aliphatic carbocycles. The van der Waals surface area contributed by atoms with Crippen LogP contribution in [-0.2, 0) is 0 Å².